The smallest absolute Gasteiger partial charge is 0.345 e. The topological polar surface area (TPSA) is 77.0 Å². The van der Waals surface area contributed by atoms with Crippen LogP contribution in [0.5, 0.6) is 11.5 Å². The molecule has 0 saturated heterocycles. The van der Waals surface area contributed by atoms with Gasteiger partial charge in [0.1, 0.15) is 11.5 Å². The van der Waals surface area contributed by atoms with Crippen LogP contribution in [0.3, 0.4) is 0 Å². The molecule has 0 heterocycles. The summed E-state index contributed by atoms with van der Waals surface area (Å²) in [7, 11) is 0. The van der Waals surface area contributed by atoms with Crippen LogP contribution >= 0.6 is 46.4 Å². The summed E-state index contributed by atoms with van der Waals surface area (Å²) in [6, 6.07) is 15.7. The third-order valence-corrected chi connectivity index (χ3v) is 4.95. The predicted octanol–water partition coefficient (Wildman–Crippen LogP) is 6.05. The Morgan fingerprint density at radius 3 is 2.34 bits per heavy atom. The minimum absolute atomic E-state index is 0.184. The molecule has 3 aromatic carbocycles. The van der Waals surface area contributed by atoms with E-state index in [0.29, 0.717) is 26.4 Å². The highest BCUT2D eigenvalue weighted by Crippen LogP contribution is 2.27. The molecule has 0 aliphatic heterocycles. The number of benzene rings is 3. The molecule has 0 aromatic heterocycles. The summed E-state index contributed by atoms with van der Waals surface area (Å²) < 4.78 is 10.7. The summed E-state index contributed by atoms with van der Waals surface area (Å²) >= 11 is 23.7. The summed E-state index contributed by atoms with van der Waals surface area (Å²) in [6.45, 7) is -0.293. The number of ether oxygens (including phenoxy) is 2. The minimum Gasteiger partial charge on any atom is -0.482 e. The van der Waals surface area contributed by atoms with E-state index in [0.717, 1.165) is 0 Å². The van der Waals surface area contributed by atoms with Crippen molar-refractivity contribution in [1.29, 1.82) is 0 Å². The Hall–Kier alpha value is -2.77. The van der Waals surface area contributed by atoms with E-state index in [1.54, 1.807) is 42.5 Å². The van der Waals surface area contributed by atoms with Gasteiger partial charge >= 0.3 is 5.97 Å². The lowest BCUT2D eigenvalue weighted by molar-refractivity contribution is -0.123. The van der Waals surface area contributed by atoms with Crippen LogP contribution in [-0.2, 0) is 4.79 Å². The van der Waals surface area contributed by atoms with Gasteiger partial charge in [-0.25, -0.2) is 10.2 Å². The lowest BCUT2D eigenvalue weighted by atomic mass is 10.2. The molecule has 0 aliphatic rings. The monoisotopic (exact) mass is 510 g/mol. The lowest BCUT2D eigenvalue weighted by Crippen LogP contribution is -2.24. The molecule has 3 aromatic rings. The van der Waals surface area contributed by atoms with Gasteiger partial charge < -0.3 is 9.47 Å². The van der Waals surface area contributed by atoms with Crippen molar-refractivity contribution in [3.8, 4) is 11.5 Å². The quantitative estimate of drug-likeness (QED) is 0.181. The standard InChI is InChI=1S/C22H14Cl4N2O4/c23-14-4-6-17(18(25)9-14)22(30)32-16-3-1-2-13(8-16)11-27-28-21(29)12-31-20-7-5-15(24)10-19(20)26/h1-11H,12H2,(H,28,29)/b27-11-. The van der Waals surface area contributed by atoms with Gasteiger partial charge in [-0.05, 0) is 54.1 Å². The fourth-order valence-electron chi connectivity index (χ4n) is 2.42. The second-order valence-corrected chi connectivity index (χ2v) is 7.93. The number of carbonyl (C=O) groups is 2. The van der Waals surface area contributed by atoms with Gasteiger partial charge in [-0.1, -0.05) is 58.5 Å². The summed E-state index contributed by atoms with van der Waals surface area (Å²) in [5.41, 5.74) is 3.10. The Morgan fingerprint density at radius 2 is 1.62 bits per heavy atom. The van der Waals surface area contributed by atoms with E-state index >= 15 is 0 Å². The van der Waals surface area contributed by atoms with Crippen LogP contribution in [0.25, 0.3) is 0 Å². The molecule has 164 valence electrons. The molecule has 0 spiro atoms. The maximum Gasteiger partial charge on any atom is 0.345 e. The SMILES string of the molecule is O=C(COc1ccc(Cl)cc1Cl)N/N=C\c1cccc(OC(=O)c2ccc(Cl)cc2Cl)c1. The largest absolute Gasteiger partial charge is 0.482 e. The molecule has 3 rings (SSSR count). The molecule has 0 fully saturated rings. The first kappa shape index (κ1) is 23.9. The molecule has 0 aliphatic carbocycles. The fourth-order valence-corrected chi connectivity index (χ4v) is 3.37. The van der Waals surface area contributed by atoms with E-state index in [1.807, 2.05) is 0 Å². The molecule has 0 bridgehead atoms. The summed E-state index contributed by atoms with van der Waals surface area (Å²) in [6.07, 6.45) is 1.39. The highest BCUT2D eigenvalue weighted by Gasteiger charge is 2.13. The number of nitrogens with one attached hydrogen (secondary N) is 1. The Labute approximate surface area is 203 Å². The molecule has 1 amide bonds. The van der Waals surface area contributed by atoms with Crippen molar-refractivity contribution < 1.29 is 19.1 Å². The van der Waals surface area contributed by atoms with Crippen LogP contribution in [0.4, 0.5) is 0 Å². The maximum atomic E-state index is 12.3. The highest BCUT2D eigenvalue weighted by atomic mass is 35.5. The van der Waals surface area contributed by atoms with Crippen molar-refractivity contribution >= 4 is 64.5 Å². The van der Waals surface area contributed by atoms with Crippen molar-refractivity contribution in [2.75, 3.05) is 6.61 Å². The number of esters is 1. The normalized spacial score (nSPS) is 10.8. The van der Waals surface area contributed by atoms with Gasteiger partial charge in [0.05, 0.1) is 21.8 Å². The number of carbonyl (C=O) groups excluding carboxylic acids is 2. The lowest BCUT2D eigenvalue weighted by Gasteiger charge is -2.07. The second-order valence-electron chi connectivity index (χ2n) is 6.24. The van der Waals surface area contributed by atoms with Crippen LogP contribution < -0.4 is 14.9 Å². The van der Waals surface area contributed by atoms with Gasteiger partial charge in [-0.3, -0.25) is 4.79 Å². The number of nitrogens with zero attached hydrogens (tertiary/aromatic N) is 1. The van der Waals surface area contributed by atoms with Gasteiger partial charge in [-0.15, -0.1) is 0 Å². The number of hydrazone groups is 1. The zero-order valence-electron chi connectivity index (χ0n) is 16.2. The first-order valence-electron chi connectivity index (χ1n) is 8.99. The average Bonchev–Trinajstić information content (AvgIpc) is 2.73. The number of amides is 1. The molecule has 6 nitrogen and oxygen atoms in total. The summed E-state index contributed by atoms with van der Waals surface area (Å²) in [5, 5.41) is 5.20. The van der Waals surface area contributed by atoms with Crippen LogP contribution in [0, 0.1) is 0 Å². The summed E-state index contributed by atoms with van der Waals surface area (Å²) in [5.74, 6) is -0.526. The van der Waals surface area contributed by atoms with Crippen molar-refractivity contribution in [3.05, 3.63) is 91.9 Å². The summed E-state index contributed by atoms with van der Waals surface area (Å²) in [4.78, 5) is 24.2. The third-order valence-electron chi connectivity index (χ3n) is 3.88. The van der Waals surface area contributed by atoms with Crippen LogP contribution in [-0.4, -0.2) is 24.7 Å². The Bertz CT molecular complexity index is 1180. The van der Waals surface area contributed by atoms with E-state index in [4.69, 9.17) is 55.9 Å². The van der Waals surface area contributed by atoms with Crippen molar-refractivity contribution in [2.24, 2.45) is 5.10 Å². The van der Waals surface area contributed by atoms with E-state index in [-0.39, 0.29) is 22.9 Å². The van der Waals surface area contributed by atoms with Crippen molar-refractivity contribution in [1.82, 2.24) is 5.43 Å². The Morgan fingerprint density at radius 1 is 0.906 bits per heavy atom. The third kappa shape index (κ3) is 6.87. The molecule has 0 unspecified atom stereocenters. The van der Waals surface area contributed by atoms with Gasteiger partial charge in [-0.2, -0.15) is 5.10 Å². The van der Waals surface area contributed by atoms with E-state index < -0.39 is 11.9 Å². The molecule has 0 atom stereocenters. The predicted molar refractivity (Wildman–Crippen MR) is 126 cm³/mol. The Balaban J connectivity index is 1.54. The second kappa shape index (κ2) is 11.2. The van der Waals surface area contributed by atoms with Gasteiger partial charge in [0.2, 0.25) is 0 Å². The van der Waals surface area contributed by atoms with Crippen molar-refractivity contribution in [3.63, 3.8) is 0 Å². The van der Waals surface area contributed by atoms with Crippen LogP contribution in [0.2, 0.25) is 20.1 Å². The highest BCUT2D eigenvalue weighted by molar-refractivity contribution is 6.36. The minimum atomic E-state index is -0.632. The number of rotatable bonds is 7. The first-order valence-corrected chi connectivity index (χ1v) is 10.5. The molecule has 32 heavy (non-hydrogen) atoms. The molecule has 0 saturated carbocycles. The molecule has 1 N–H and O–H groups in total. The zero-order valence-corrected chi connectivity index (χ0v) is 19.2. The molecular weight excluding hydrogens is 498 g/mol. The number of halogens is 4. The maximum absolute atomic E-state index is 12.3. The van der Waals surface area contributed by atoms with E-state index in [2.05, 4.69) is 10.5 Å². The van der Waals surface area contributed by atoms with E-state index in [1.165, 1.54) is 24.4 Å². The fraction of sp³-hybridized carbons (Fsp3) is 0.0455. The number of hydrogen-bond acceptors (Lipinski definition) is 5. The van der Waals surface area contributed by atoms with Gasteiger partial charge in [0.25, 0.3) is 5.91 Å². The average molecular weight is 512 g/mol. The van der Waals surface area contributed by atoms with Crippen molar-refractivity contribution in [2.45, 2.75) is 0 Å². The zero-order chi connectivity index (χ0) is 23.1. The van der Waals surface area contributed by atoms with E-state index in [9.17, 15) is 9.59 Å². The van der Waals surface area contributed by atoms with Gasteiger partial charge in [0.15, 0.2) is 6.61 Å². The molecular formula is C22H14Cl4N2O4. The molecule has 10 heteroatoms. The molecule has 0 radical (unpaired) electrons. The first-order chi connectivity index (χ1) is 15.3. The van der Waals surface area contributed by atoms with Crippen LogP contribution in [0.15, 0.2) is 65.8 Å². The van der Waals surface area contributed by atoms with Gasteiger partial charge in [0, 0.05) is 10.0 Å². The van der Waals surface area contributed by atoms with Crippen LogP contribution in [0.1, 0.15) is 15.9 Å². The Kier molecular flexibility index (Phi) is 8.36. The number of hydrogen-bond donors (Lipinski definition) is 1.